The fourth-order valence-electron chi connectivity index (χ4n) is 1.89. The first kappa shape index (κ1) is 24.4. The van der Waals surface area contributed by atoms with E-state index in [1.54, 1.807) is 12.1 Å². The number of carboxylic acid groups (broad SMARTS) is 1. The molecule has 2 aromatic rings. The quantitative estimate of drug-likeness (QED) is 0.317. The molecule has 0 saturated carbocycles. The number of hydrogen-bond acceptors (Lipinski definition) is 4. The zero-order chi connectivity index (χ0) is 18.0. The summed E-state index contributed by atoms with van der Waals surface area (Å²) >= 11 is 8.42. The van der Waals surface area contributed by atoms with E-state index in [0.717, 1.165) is 12.7 Å². The minimum Gasteiger partial charge on any atom is -1.00 e. The van der Waals surface area contributed by atoms with E-state index >= 15 is 0 Å². The summed E-state index contributed by atoms with van der Waals surface area (Å²) in [7, 11) is 0. The predicted molar refractivity (Wildman–Crippen MR) is 126 cm³/mol. The normalized spacial score (nSPS) is 11.6. The summed E-state index contributed by atoms with van der Waals surface area (Å²) in [5.41, 5.74) is 6.44. The van der Waals surface area contributed by atoms with Crippen LogP contribution in [0.5, 0.6) is 17.2 Å². The number of phenols is 1. The van der Waals surface area contributed by atoms with Crippen molar-refractivity contribution >= 4 is 96.3 Å². The van der Waals surface area contributed by atoms with Gasteiger partial charge in [-0.3, -0.25) is 4.79 Å². The molecule has 0 unspecified atom stereocenters. The molecule has 2 rings (SSSR count). The smallest absolute Gasteiger partial charge is 1.00 e. The van der Waals surface area contributed by atoms with Gasteiger partial charge in [-0.2, -0.15) is 0 Å². The van der Waals surface area contributed by atoms with E-state index in [1.807, 2.05) is 12.1 Å². The molecule has 0 aromatic heterocycles. The summed E-state index contributed by atoms with van der Waals surface area (Å²) in [6, 6.07) is 6.34. The van der Waals surface area contributed by atoms with Crippen molar-refractivity contribution in [3.8, 4) is 17.2 Å². The van der Waals surface area contributed by atoms with Crippen LogP contribution in [-0.2, 0) is 11.2 Å². The Morgan fingerprint density at radius 2 is 1.56 bits per heavy atom. The third-order valence-electron chi connectivity index (χ3n) is 3.04. The fraction of sp³-hybridized carbons (Fsp3) is 0.133. The number of rotatable bonds is 5. The maximum absolute atomic E-state index is 10.9. The minimum absolute atomic E-state index is 0. The van der Waals surface area contributed by atoms with Crippen molar-refractivity contribution in [3.63, 3.8) is 0 Å². The first-order valence-electron chi connectivity index (χ1n) is 6.51. The number of halogens is 4. The number of aliphatic carboxylic acids is 1. The van der Waals surface area contributed by atoms with Crippen molar-refractivity contribution in [2.24, 2.45) is 5.73 Å². The van der Waals surface area contributed by atoms with Gasteiger partial charge in [-0.1, -0.05) is 0 Å². The molecule has 10 heteroatoms. The minimum atomic E-state index is -1.02. The Kier molecular flexibility index (Phi) is 10.6. The molecule has 0 saturated heterocycles. The molecule has 4 N–H and O–H groups in total. The predicted octanol–water partition coefficient (Wildman–Crippen LogP) is 1.67. The standard InChI is InChI=1S/C15H11I4NO4.Na.H/c16-8-4-7(5-9(17)13(8)21)24-14-10(18)1-6(2-11(14)19)3-12(20)15(22)23;;/h1-2,4-5,12,21H,3,20H2,(H,22,23);;/q;+1;-1/t12-;;/m0../s1. The van der Waals surface area contributed by atoms with Gasteiger partial charge in [0.15, 0.2) is 5.75 Å². The summed E-state index contributed by atoms with van der Waals surface area (Å²) < 4.78 is 9.14. The van der Waals surface area contributed by atoms with E-state index in [9.17, 15) is 9.90 Å². The van der Waals surface area contributed by atoms with Gasteiger partial charge >= 0.3 is 35.5 Å². The van der Waals surface area contributed by atoms with Gasteiger partial charge in [-0.25, -0.2) is 0 Å². The number of benzene rings is 2. The van der Waals surface area contributed by atoms with Crippen LogP contribution in [0.25, 0.3) is 0 Å². The maximum Gasteiger partial charge on any atom is 1.00 e. The second kappa shape index (κ2) is 10.8. The zero-order valence-corrected chi connectivity index (χ0v) is 23.5. The number of carbonyl (C=O) groups is 1. The van der Waals surface area contributed by atoms with Gasteiger partial charge in [0.2, 0.25) is 0 Å². The van der Waals surface area contributed by atoms with Crippen LogP contribution in [0.3, 0.4) is 0 Å². The molecule has 0 radical (unpaired) electrons. The Morgan fingerprint density at radius 3 is 2.00 bits per heavy atom. The third kappa shape index (κ3) is 6.74. The zero-order valence-electron chi connectivity index (χ0n) is 13.9. The molecule has 1 atom stereocenters. The fourth-order valence-corrected chi connectivity index (χ4v) is 5.72. The molecule has 130 valence electrons. The van der Waals surface area contributed by atoms with Crippen LogP contribution in [0.1, 0.15) is 6.99 Å². The molecule has 0 fully saturated rings. The first-order chi connectivity index (χ1) is 11.2. The van der Waals surface area contributed by atoms with Crippen molar-refractivity contribution in [2.75, 3.05) is 0 Å². The van der Waals surface area contributed by atoms with Crippen molar-refractivity contribution < 1.29 is 50.7 Å². The Hall–Kier alpha value is 1.39. The Balaban J connectivity index is 0.00000312. The molecule has 0 amide bonds. The largest absolute Gasteiger partial charge is 1.00 e. The van der Waals surface area contributed by atoms with Gasteiger partial charge in [-0.15, -0.1) is 0 Å². The average molecular weight is 801 g/mol. The van der Waals surface area contributed by atoms with Crippen molar-refractivity contribution in [1.29, 1.82) is 0 Å². The van der Waals surface area contributed by atoms with E-state index in [2.05, 4.69) is 90.4 Å². The summed E-state index contributed by atoms with van der Waals surface area (Å²) in [4.78, 5) is 10.9. The number of ether oxygens (including phenoxy) is 1. The Labute approximate surface area is 223 Å². The third-order valence-corrected chi connectivity index (χ3v) is 6.29. The van der Waals surface area contributed by atoms with Crippen molar-refractivity contribution in [2.45, 2.75) is 12.5 Å². The maximum atomic E-state index is 10.9. The van der Waals surface area contributed by atoms with Crippen LogP contribution in [0.2, 0.25) is 0 Å². The summed E-state index contributed by atoms with van der Waals surface area (Å²) in [5.74, 6) is 0.549. The molecule has 0 aliphatic heterocycles. The number of carboxylic acids is 1. The molecule has 0 bridgehead atoms. The van der Waals surface area contributed by atoms with E-state index in [4.69, 9.17) is 15.6 Å². The molecular weight excluding hydrogens is 789 g/mol. The van der Waals surface area contributed by atoms with Crippen LogP contribution in [0.15, 0.2) is 24.3 Å². The Bertz CT molecular complexity index is 763. The molecule has 0 spiro atoms. The van der Waals surface area contributed by atoms with Crippen LogP contribution >= 0.6 is 90.4 Å². The second-order valence-electron chi connectivity index (χ2n) is 4.88. The molecule has 0 heterocycles. The number of phenolic OH excluding ortho intramolecular Hbond substituents is 1. The number of nitrogens with two attached hydrogens (primary N) is 1. The molecule has 0 aliphatic carbocycles. The monoisotopic (exact) mass is 801 g/mol. The van der Waals surface area contributed by atoms with Gasteiger partial charge in [0.1, 0.15) is 17.5 Å². The molecule has 2 aromatic carbocycles. The van der Waals surface area contributed by atoms with E-state index < -0.39 is 12.0 Å². The van der Waals surface area contributed by atoms with Crippen molar-refractivity contribution in [3.05, 3.63) is 44.1 Å². The van der Waals surface area contributed by atoms with E-state index in [0.29, 0.717) is 18.6 Å². The van der Waals surface area contributed by atoms with Gasteiger partial charge in [0.25, 0.3) is 0 Å². The van der Waals surface area contributed by atoms with E-state index in [-0.39, 0.29) is 43.2 Å². The van der Waals surface area contributed by atoms with Crippen LogP contribution in [-0.4, -0.2) is 22.2 Å². The number of hydrogen-bond donors (Lipinski definition) is 3. The molecule has 25 heavy (non-hydrogen) atoms. The SMILES string of the molecule is N[C@@H](Cc1cc(I)c(Oc2cc(I)c(O)c(I)c2)c(I)c1)C(=O)O.[H-].[Na+]. The molecule has 5 nitrogen and oxygen atoms in total. The van der Waals surface area contributed by atoms with Crippen LogP contribution in [0, 0.1) is 14.3 Å². The Morgan fingerprint density at radius 1 is 1.08 bits per heavy atom. The van der Waals surface area contributed by atoms with Gasteiger partial charge in [0, 0.05) is 0 Å². The van der Waals surface area contributed by atoms with E-state index in [1.165, 1.54) is 0 Å². The van der Waals surface area contributed by atoms with Crippen LogP contribution in [0.4, 0.5) is 0 Å². The molecule has 0 aliphatic rings. The number of aromatic hydroxyl groups is 1. The van der Waals surface area contributed by atoms with Crippen LogP contribution < -0.4 is 40.0 Å². The van der Waals surface area contributed by atoms with Gasteiger partial charge < -0.3 is 22.1 Å². The average Bonchev–Trinajstić information content (AvgIpc) is 2.48. The van der Waals surface area contributed by atoms with Gasteiger partial charge in [-0.05, 0) is 127 Å². The first-order valence-corrected chi connectivity index (χ1v) is 10.8. The summed E-state index contributed by atoms with van der Waals surface area (Å²) in [6.07, 6.45) is 0.261. The topological polar surface area (TPSA) is 92.8 Å². The second-order valence-corrected chi connectivity index (χ2v) is 9.52. The molecular formula is C15H12I4NNaO4. The van der Waals surface area contributed by atoms with Crippen molar-refractivity contribution in [1.82, 2.24) is 0 Å². The summed E-state index contributed by atoms with van der Waals surface area (Å²) in [5, 5.41) is 18.8. The van der Waals surface area contributed by atoms with Gasteiger partial charge in [0.05, 0.1) is 14.3 Å². The summed E-state index contributed by atoms with van der Waals surface area (Å²) in [6.45, 7) is 0.